The fraction of sp³-hybridized carbons (Fsp3) is 0.208. The van der Waals surface area contributed by atoms with E-state index < -0.39 is 21.7 Å². The molecule has 1 N–H and O–H groups in total. The molecule has 160 valence electrons. The van der Waals surface area contributed by atoms with Gasteiger partial charge in [-0.25, -0.2) is 12.8 Å². The number of hydrogen-bond donors (Lipinski definition) is 1. The Hall–Kier alpha value is -3.03. The lowest BCUT2D eigenvalue weighted by Gasteiger charge is -2.19. The predicted octanol–water partition coefficient (Wildman–Crippen LogP) is 4.68. The molecule has 0 saturated carbocycles. The molecule has 31 heavy (non-hydrogen) atoms. The second kappa shape index (κ2) is 8.24. The van der Waals surface area contributed by atoms with E-state index >= 15 is 0 Å². The van der Waals surface area contributed by atoms with Gasteiger partial charge in [-0.3, -0.25) is 4.79 Å². The van der Waals surface area contributed by atoms with Gasteiger partial charge in [-0.15, -0.1) is 0 Å². The minimum absolute atomic E-state index is 0.104. The fourth-order valence-electron chi connectivity index (χ4n) is 3.97. The van der Waals surface area contributed by atoms with Crippen molar-refractivity contribution in [3.8, 4) is 11.1 Å². The summed E-state index contributed by atoms with van der Waals surface area (Å²) < 4.78 is 41.2. The number of carbonyl (C=O) groups is 1. The molecule has 0 saturated heterocycles. The van der Waals surface area contributed by atoms with Crippen LogP contribution in [0.5, 0.6) is 0 Å². The molecular formula is C24H23FN2O3S. The lowest BCUT2D eigenvalue weighted by molar-refractivity contribution is 0.102. The number of sulfonamides is 1. The number of amides is 1. The predicted molar refractivity (Wildman–Crippen MR) is 119 cm³/mol. The highest BCUT2D eigenvalue weighted by Gasteiger charge is 2.25. The Morgan fingerprint density at radius 1 is 0.968 bits per heavy atom. The Kier molecular flexibility index (Phi) is 5.64. The number of benzene rings is 3. The van der Waals surface area contributed by atoms with Gasteiger partial charge in [0.05, 0.1) is 10.5 Å². The van der Waals surface area contributed by atoms with E-state index in [0.717, 1.165) is 29.7 Å². The van der Waals surface area contributed by atoms with Crippen LogP contribution < -0.4 is 5.32 Å². The van der Waals surface area contributed by atoms with Crippen molar-refractivity contribution in [2.45, 2.75) is 25.2 Å². The summed E-state index contributed by atoms with van der Waals surface area (Å²) in [6.07, 6.45) is 0.765. The molecular weight excluding hydrogens is 415 g/mol. The molecule has 0 spiro atoms. The summed E-state index contributed by atoms with van der Waals surface area (Å²) in [5.41, 5.74) is 4.83. The van der Waals surface area contributed by atoms with Crippen molar-refractivity contribution in [2.75, 3.05) is 18.4 Å². The first-order chi connectivity index (χ1) is 14.8. The van der Waals surface area contributed by atoms with Crippen molar-refractivity contribution in [1.29, 1.82) is 0 Å². The first-order valence-electron chi connectivity index (χ1n) is 10.2. The van der Waals surface area contributed by atoms with Gasteiger partial charge in [0.2, 0.25) is 10.0 Å². The first-order valence-corrected chi connectivity index (χ1v) is 11.6. The van der Waals surface area contributed by atoms with Crippen LogP contribution in [0.2, 0.25) is 0 Å². The molecule has 3 aromatic carbocycles. The van der Waals surface area contributed by atoms with Crippen molar-refractivity contribution in [3.63, 3.8) is 0 Å². The number of nitrogens with one attached hydrogen (secondary N) is 1. The highest BCUT2D eigenvalue weighted by Crippen LogP contribution is 2.37. The second-order valence-electron chi connectivity index (χ2n) is 7.39. The quantitative estimate of drug-likeness (QED) is 0.475. The Balaban J connectivity index is 1.61. The molecule has 0 bridgehead atoms. The zero-order valence-electron chi connectivity index (χ0n) is 17.4. The minimum atomic E-state index is -3.80. The van der Waals surface area contributed by atoms with Crippen LogP contribution in [0.1, 0.15) is 35.3 Å². The topological polar surface area (TPSA) is 66.5 Å². The smallest absolute Gasteiger partial charge is 0.258 e. The van der Waals surface area contributed by atoms with Gasteiger partial charge < -0.3 is 5.32 Å². The van der Waals surface area contributed by atoms with Gasteiger partial charge in [-0.1, -0.05) is 44.2 Å². The molecule has 0 atom stereocenters. The van der Waals surface area contributed by atoms with Crippen molar-refractivity contribution in [2.24, 2.45) is 0 Å². The summed E-state index contributed by atoms with van der Waals surface area (Å²) in [5, 5.41) is 2.70. The van der Waals surface area contributed by atoms with E-state index in [2.05, 4.69) is 17.4 Å². The van der Waals surface area contributed by atoms with E-state index in [-0.39, 0.29) is 23.5 Å². The van der Waals surface area contributed by atoms with Gasteiger partial charge in [-0.05, 0) is 59.0 Å². The maximum atomic E-state index is 14.4. The molecule has 0 aliphatic heterocycles. The zero-order valence-corrected chi connectivity index (χ0v) is 18.2. The molecule has 4 rings (SSSR count). The Labute approximate surface area is 181 Å². The van der Waals surface area contributed by atoms with Crippen molar-refractivity contribution in [1.82, 2.24) is 4.31 Å². The molecule has 0 aromatic heterocycles. The van der Waals surface area contributed by atoms with E-state index in [1.807, 2.05) is 24.3 Å². The molecule has 3 aromatic rings. The van der Waals surface area contributed by atoms with E-state index in [4.69, 9.17) is 0 Å². The number of hydrogen-bond acceptors (Lipinski definition) is 3. The number of fused-ring (bicyclic) bond motifs is 3. The molecule has 0 heterocycles. The third-order valence-corrected chi connectivity index (χ3v) is 7.62. The molecule has 0 unspecified atom stereocenters. The summed E-state index contributed by atoms with van der Waals surface area (Å²) in [5.74, 6) is -1.46. The number of halogens is 1. The van der Waals surface area contributed by atoms with Crippen LogP contribution in [0.15, 0.2) is 65.6 Å². The average Bonchev–Trinajstić information content (AvgIpc) is 3.12. The van der Waals surface area contributed by atoms with Gasteiger partial charge in [-0.2, -0.15) is 4.31 Å². The number of anilines is 1. The van der Waals surface area contributed by atoms with Crippen LogP contribution in [-0.2, 0) is 16.4 Å². The summed E-state index contributed by atoms with van der Waals surface area (Å²) >= 11 is 0. The normalized spacial score (nSPS) is 12.5. The minimum Gasteiger partial charge on any atom is -0.322 e. The monoisotopic (exact) mass is 438 g/mol. The summed E-state index contributed by atoms with van der Waals surface area (Å²) in [4.78, 5) is 12.7. The Bertz CT molecular complexity index is 1270. The fourth-order valence-corrected chi connectivity index (χ4v) is 5.46. The molecule has 1 amide bonds. The summed E-state index contributed by atoms with van der Waals surface area (Å²) in [6, 6.07) is 17.0. The molecule has 0 radical (unpaired) electrons. The largest absolute Gasteiger partial charge is 0.322 e. The highest BCUT2D eigenvalue weighted by molar-refractivity contribution is 7.89. The first kappa shape index (κ1) is 21.2. The van der Waals surface area contributed by atoms with Crippen LogP contribution in [0, 0.1) is 5.82 Å². The molecule has 5 nitrogen and oxygen atoms in total. The Morgan fingerprint density at radius 2 is 1.68 bits per heavy atom. The number of carbonyl (C=O) groups excluding carboxylic acids is 1. The van der Waals surface area contributed by atoms with Crippen molar-refractivity contribution < 1.29 is 17.6 Å². The summed E-state index contributed by atoms with van der Waals surface area (Å²) in [6.45, 7) is 4.03. The van der Waals surface area contributed by atoms with Gasteiger partial charge in [0.1, 0.15) is 5.82 Å². The summed E-state index contributed by atoms with van der Waals surface area (Å²) in [7, 11) is -3.80. The SMILES string of the molecule is CCN(CC)S(=O)(=O)c1ccc(F)c(C(=O)Nc2ccc3c(c2)Cc2ccccc2-3)c1. The standard InChI is InChI=1S/C24H23FN2O3S/c1-3-27(4-2)31(29,30)19-10-12-23(25)22(15-19)24(28)26-18-9-11-21-17(14-18)13-16-7-5-6-8-20(16)21/h5-12,14-15H,3-4,13H2,1-2H3,(H,26,28). The van der Waals surface area contributed by atoms with Crippen LogP contribution in [0.4, 0.5) is 10.1 Å². The Morgan fingerprint density at radius 3 is 2.42 bits per heavy atom. The van der Waals surface area contributed by atoms with E-state index in [0.29, 0.717) is 5.69 Å². The van der Waals surface area contributed by atoms with Gasteiger partial charge in [0, 0.05) is 18.8 Å². The molecule has 1 aliphatic rings. The van der Waals surface area contributed by atoms with Crippen molar-refractivity contribution in [3.05, 3.63) is 83.2 Å². The van der Waals surface area contributed by atoms with Crippen molar-refractivity contribution >= 4 is 21.6 Å². The maximum absolute atomic E-state index is 14.4. The molecule has 0 fully saturated rings. The van der Waals surface area contributed by atoms with Crippen LogP contribution in [0.3, 0.4) is 0 Å². The zero-order chi connectivity index (χ0) is 22.2. The van der Waals surface area contributed by atoms with Gasteiger partial charge >= 0.3 is 0 Å². The number of nitrogens with zero attached hydrogens (tertiary/aromatic N) is 1. The molecule has 1 aliphatic carbocycles. The van der Waals surface area contributed by atoms with Gasteiger partial charge in [0.15, 0.2) is 0 Å². The van der Waals surface area contributed by atoms with Crippen LogP contribution in [-0.4, -0.2) is 31.7 Å². The van der Waals surface area contributed by atoms with E-state index in [9.17, 15) is 17.6 Å². The van der Waals surface area contributed by atoms with Crippen LogP contribution in [0.25, 0.3) is 11.1 Å². The highest BCUT2D eigenvalue weighted by atomic mass is 32.2. The lowest BCUT2D eigenvalue weighted by Crippen LogP contribution is -2.31. The van der Waals surface area contributed by atoms with Crippen LogP contribution >= 0.6 is 0 Å². The lowest BCUT2D eigenvalue weighted by atomic mass is 10.1. The van der Waals surface area contributed by atoms with E-state index in [1.54, 1.807) is 19.9 Å². The average molecular weight is 439 g/mol. The third kappa shape index (κ3) is 3.86. The molecule has 7 heteroatoms. The van der Waals surface area contributed by atoms with Gasteiger partial charge in [0.25, 0.3) is 5.91 Å². The third-order valence-electron chi connectivity index (χ3n) is 5.58. The maximum Gasteiger partial charge on any atom is 0.258 e. The van der Waals surface area contributed by atoms with E-state index in [1.165, 1.54) is 21.5 Å². The second-order valence-corrected chi connectivity index (χ2v) is 9.33. The number of rotatable bonds is 6.